The number of rotatable bonds is 5. The third-order valence-corrected chi connectivity index (χ3v) is 6.32. The van der Waals surface area contributed by atoms with E-state index in [0.29, 0.717) is 22.6 Å². The molecule has 1 saturated heterocycles. The SMILES string of the molecule is COc1c(N2CCCC(C(C)(C)N)C2)ccc2c(=O)c(C(=O)O)cn(C3CC3)c12. The molecule has 0 amide bonds. The van der Waals surface area contributed by atoms with Gasteiger partial charge in [0.05, 0.1) is 23.7 Å². The van der Waals surface area contributed by atoms with Crippen LogP contribution in [0.25, 0.3) is 10.9 Å². The van der Waals surface area contributed by atoms with Crippen molar-refractivity contribution in [2.45, 2.75) is 51.1 Å². The van der Waals surface area contributed by atoms with Crippen molar-refractivity contribution >= 4 is 22.6 Å². The minimum absolute atomic E-state index is 0.192. The summed E-state index contributed by atoms with van der Waals surface area (Å²) >= 11 is 0. The van der Waals surface area contributed by atoms with Gasteiger partial charge < -0.3 is 25.0 Å². The van der Waals surface area contributed by atoms with E-state index in [9.17, 15) is 14.7 Å². The topological polar surface area (TPSA) is 97.8 Å². The Morgan fingerprint density at radius 3 is 2.59 bits per heavy atom. The normalized spacial score (nSPS) is 20.1. The van der Waals surface area contributed by atoms with Crippen LogP contribution in [0.2, 0.25) is 0 Å². The number of piperidine rings is 1. The number of nitrogens with two attached hydrogens (primary N) is 1. The van der Waals surface area contributed by atoms with E-state index < -0.39 is 11.4 Å². The number of carboxylic acid groups (broad SMARTS) is 1. The van der Waals surface area contributed by atoms with Gasteiger partial charge in [-0.1, -0.05) is 0 Å². The smallest absolute Gasteiger partial charge is 0.341 e. The van der Waals surface area contributed by atoms with Crippen molar-refractivity contribution < 1.29 is 14.6 Å². The lowest BCUT2D eigenvalue weighted by Crippen LogP contribution is -2.49. The van der Waals surface area contributed by atoms with Crippen LogP contribution < -0.4 is 20.8 Å². The van der Waals surface area contributed by atoms with E-state index in [1.165, 1.54) is 6.20 Å². The molecular formula is C22H29N3O4. The molecule has 3 N–H and O–H groups in total. The fourth-order valence-corrected chi connectivity index (χ4v) is 4.45. The number of carbonyl (C=O) groups is 1. The quantitative estimate of drug-likeness (QED) is 0.802. The van der Waals surface area contributed by atoms with Gasteiger partial charge in [-0.15, -0.1) is 0 Å². The first kappa shape index (κ1) is 19.8. The number of carboxylic acids is 1. The van der Waals surface area contributed by atoms with E-state index in [0.717, 1.165) is 44.5 Å². The highest BCUT2D eigenvalue weighted by atomic mass is 16.5. The lowest BCUT2D eigenvalue weighted by Gasteiger charge is -2.41. The van der Waals surface area contributed by atoms with Gasteiger partial charge in [0.1, 0.15) is 5.56 Å². The van der Waals surface area contributed by atoms with E-state index >= 15 is 0 Å². The summed E-state index contributed by atoms with van der Waals surface area (Å²) in [4.78, 5) is 26.7. The van der Waals surface area contributed by atoms with Crippen LogP contribution in [0.3, 0.4) is 0 Å². The highest BCUT2D eigenvalue weighted by molar-refractivity contribution is 5.97. The number of hydrogen-bond donors (Lipinski definition) is 2. The van der Waals surface area contributed by atoms with E-state index in [2.05, 4.69) is 18.7 Å². The minimum Gasteiger partial charge on any atom is -0.492 e. The second-order valence-electron chi connectivity index (χ2n) is 8.94. The summed E-state index contributed by atoms with van der Waals surface area (Å²) in [6, 6.07) is 3.84. The fraction of sp³-hybridized carbons (Fsp3) is 0.545. The Kier molecular flexibility index (Phi) is 4.81. The Bertz CT molecular complexity index is 1020. The first-order valence-electron chi connectivity index (χ1n) is 10.2. The van der Waals surface area contributed by atoms with Gasteiger partial charge in [-0.25, -0.2) is 4.79 Å². The molecule has 2 aromatic rings. The summed E-state index contributed by atoms with van der Waals surface area (Å²) in [6.45, 7) is 5.86. The van der Waals surface area contributed by atoms with Crippen LogP contribution in [-0.2, 0) is 0 Å². The molecule has 1 aliphatic heterocycles. The van der Waals surface area contributed by atoms with E-state index in [4.69, 9.17) is 10.5 Å². The van der Waals surface area contributed by atoms with Crippen LogP contribution in [0.5, 0.6) is 5.75 Å². The third kappa shape index (κ3) is 3.48. The monoisotopic (exact) mass is 399 g/mol. The molecule has 1 aromatic heterocycles. The third-order valence-electron chi connectivity index (χ3n) is 6.32. The summed E-state index contributed by atoms with van der Waals surface area (Å²) in [5, 5.41) is 9.87. The van der Waals surface area contributed by atoms with Gasteiger partial charge in [0, 0.05) is 30.9 Å². The first-order valence-corrected chi connectivity index (χ1v) is 10.2. The molecule has 1 unspecified atom stereocenters. The van der Waals surface area contributed by atoms with Crippen molar-refractivity contribution in [3.63, 3.8) is 0 Å². The molecule has 1 aliphatic carbocycles. The van der Waals surface area contributed by atoms with Gasteiger partial charge in [-0.3, -0.25) is 4.79 Å². The standard InChI is InChI=1S/C22H29N3O4/c1-22(2,23)13-5-4-10-24(11-13)17-9-8-15-18(20(17)29-3)25(14-6-7-14)12-16(19(15)26)21(27)28/h8-9,12-14H,4-7,10-11,23H2,1-3H3,(H,27,28). The lowest BCUT2D eigenvalue weighted by molar-refractivity contribution is 0.0695. The summed E-state index contributed by atoms with van der Waals surface area (Å²) in [5.41, 5.74) is 7.09. The number of nitrogens with zero attached hydrogens (tertiary/aromatic N) is 2. The molecule has 2 heterocycles. The van der Waals surface area contributed by atoms with Crippen LogP contribution in [0.4, 0.5) is 5.69 Å². The zero-order valence-corrected chi connectivity index (χ0v) is 17.3. The summed E-state index contributed by atoms with van der Waals surface area (Å²) in [7, 11) is 1.61. The van der Waals surface area contributed by atoms with Crippen molar-refractivity contribution in [1.29, 1.82) is 0 Å². The molecule has 7 nitrogen and oxygen atoms in total. The van der Waals surface area contributed by atoms with Crippen molar-refractivity contribution in [1.82, 2.24) is 4.57 Å². The molecule has 29 heavy (non-hydrogen) atoms. The molecule has 2 fully saturated rings. The number of hydrogen-bond acceptors (Lipinski definition) is 5. The molecule has 2 aliphatic rings. The molecule has 1 atom stereocenters. The van der Waals surface area contributed by atoms with Crippen LogP contribution in [0, 0.1) is 5.92 Å². The number of fused-ring (bicyclic) bond motifs is 1. The number of aromatic nitrogens is 1. The van der Waals surface area contributed by atoms with Crippen molar-refractivity contribution in [2.75, 3.05) is 25.1 Å². The molecule has 7 heteroatoms. The average Bonchev–Trinajstić information content (AvgIpc) is 3.51. The zero-order valence-electron chi connectivity index (χ0n) is 17.3. The van der Waals surface area contributed by atoms with Crippen LogP contribution in [0.15, 0.2) is 23.1 Å². The Labute approximate surface area is 170 Å². The van der Waals surface area contributed by atoms with Gasteiger partial charge in [-0.2, -0.15) is 0 Å². The predicted molar refractivity (Wildman–Crippen MR) is 113 cm³/mol. The maximum absolute atomic E-state index is 12.8. The molecule has 0 spiro atoms. The molecular weight excluding hydrogens is 370 g/mol. The van der Waals surface area contributed by atoms with Gasteiger partial charge in [0.15, 0.2) is 5.75 Å². The van der Waals surface area contributed by atoms with Gasteiger partial charge >= 0.3 is 5.97 Å². The second kappa shape index (κ2) is 7.06. The van der Waals surface area contributed by atoms with Crippen LogP contribution >= 0.6 is 0 Å². The van der Waals surface area contributed by atoms with E-state index in [1.54, 1.807) is 13.2 Å². The maximum Gasteiger partial charge on any atom is 0.341 e. The Balaban J connectivity index is 1.89. The molecule has 0 bridgehead atoms. The minimum atomic E-state index is -1.20. The number of pyridine rings is 1. The first-order chi connectivity index (χ1) is 13.7. The summed E-state index contributed by atoms with van der Waals surface area (Å²) < 4.78 is 7.75. The number of anilines is 1. The number of methoxy groups -OCH3 is 1. The van der Waals surface area contributed by atoms with Crippen molar-refractivity contribution in [3.8, 4) is 5.75 Å². The van der Waals surface area contributed by atoms with Crippen molar-refractivity contribution in [2.24, 2.45) is 11.7 Å². The zero-order chi connectivity index (χ0) is 20.9. The largest absolute Gasteiger partial charge is 0.492 e. The second-order valence-corrected chi connectivity index (χ2v) is 8.94. The Morgan fingerprint density at radius 2 is 2.00 bits per heavy atom. The van der Waals surface area contributed by atoms with Gasteiger partial charge in [0.25, 0.3) is 0 Å². The number of ether oxygens (including phenoxy) is 1. The highest BCUT2D eigenvalue weighted by Gasteiger charge is 2.33. The van der Waals surface area contributed by atoms with Crippen LogP contribution in [0.1, 0.15) is 55.9 Å². The molecule has 1 aromatic carbocycles. The maximum atomic E-state index is 12.8. The average molecular weight is 399 g/mol. The highest BCUT2D eigenvalue weighted by Crippen LogP contribution is 2.43. The summed E-state index contributed by atoms with van der Waals surface area (Å²) in [6.07, 6.45) is 5.55. The molecule has 4 rings (SSSR count). The Morgan fingerprint density at radius 1 is 1.28 bits per heavy atom. The number of benzene rings is 1. The molecule has 0 radical (unpaired) electrons. The molecule has 156 valence electrons. The summed E-state index contributed by atoms with van der Waals surface area (Å²) in [5.74, 6) is -0.200. The lowest BCUT2D eigenvalue weighted by atomic mass is 9.82. The predicted octanol–water partition coefficient (Wildman–Crippen LogP) is 3.00. The molecule has 1 saturated carbocycles. The van der Waals surface area contributed by atoms with E-state index in [1.807, 2.05) is 10.6 Å². The van der Waals surface area contributed by atoms with Gasteiger partial charge in [0.2, 0.25) is 5.43 Å². The van der Waals surface area contributed by atoms with Crippen molar-refractivity contribution in [3.05, 3.63) is 34.1 Å². The van der Waals surface area contributed by atoms with Gasteiger partial charge in [-0.05, 0) is 57.6 Å². The van der Waals surface area contributed by atoms with Crippen LogP contribution in [-0.4, -0.2) is 41.4 Å². The number of aromatic carboxylic acids is 1. The Hall–Kier alpha value is -2.54. The fourth-order valence-electron chi connectivity index (χ4n) is 4.45. The van der Waals surface area contributed by atoms with E-state index in [-0.39, 0.29) is 17.1 Å².